The number of pyridine rings is 1. The summed E-state index contributed by atoms with van der Waals surface area (Å²) in [5, 5.41) is 1.05. The van der Waals surface area contributed by atoms with Gasteiger partial charge in [0.2, 0.25) is 0 Å². The third kappa shape index (κ3) is 1.47. The van der Waals surface area contributed by atoms with Crippen molar-refractivity contribution in [2.45, 2.75) is 13.5 Å². The number of nitrogens with two attached hydrogens (primary N) is 1. The smallest absolute Gasteiger partial charge is 0.174 e. The molecule has 3 nitrogen and oxygen atoms in total. The van der Waals surface area contributed by atoms with Crippen LogP contribution in [-0.4, -0.2) is 9.36 Å². The number of hydrogen-bond donors (Lipinski definition) is 1. The van der Waals surface area contributed by atoms with E-state index in [4.69, 9.17) is 5.73 Å². The largest absolute Gasteiger partial charge is 0.326 e. The SMILES string of the molecule is Cc1nc2nsc(Br)c2cc1CN. The second kappa shape index (κ2) is 3.32. The minimum Gasteiger partial charge on any atom is -0.326 e. The van der Waals surface area contributed by atoms with Crippen molar-refractivity contribution in [1.29, 1.82) is 0 Å². The first-order valence-corrected chi connectivity index (χ1v) is 5.40. The first kappa shape index (κ1) is 9.05. The van der Waals surface area contributed by atoms with Crippen molar-refractivity contribution in [1.82, 2.24) is 9.36 Å². The van der Waals surface area contributed by atoms with Gasteiger partial charge in [-0.2, -0.15) is 4.37 Å². The van der Waals surface area contributed by atoms with Crippen LogP contribution in [0.15, 0.2) is 9.85 Å². The first-order valence-electron chi connectivity index (χ1n) is 3.84. The predicted octanol–water partition coefficient (Wildman–Crippen LogP) is 2.22. The van der Waals surface area contributed by atoms with Gasteiger partial charge in [-0.1, -0.05) is 0 Å². The van der Waals surface area contributed by atoms with Gasteiger partial charge in [-0.15, -0.1) is 0 Å². The highest BCUT2D eigenvalue weighted by atomic mass is 79.9. The summed E-state index contributed by atoms with van der Waals surface area (Å²) >= 11 is 4.84. The van der Waals surface area contributed by atoms with E-state index in [0.29, 0.717) is 6.54 Å². The molecule has 2 N–H and O–H groups in total. The van der Waals surface area contributed by atoms with Gasteiger partial charge in [0.15, 0.2) is 5.65 Å². The molecular weight excluding hydrogens is 250 g/mol. The molecular formula is C8H8BrN3S. The molecule has 2 heterocycles. The van der Waals surface area contributed by atoms with Gasteiger partial charge in [0, 0.05) is 17.6 Å². The van der Waals surface area contributed by atoms with Gasteiger partial charge in [-0.3, -0.25) is 0 Å². The number of hydrogen-bond acceptors (Lipinski definition) is 4. The van der Waals surface area contributed by atoms with Crippen molar-refractivity contribution in [2.24, 2.45) is 5.73 Å². The third-order valence-corrected chi connectivity index (χ3v) is 3.45. The van der Waals surface area contributed by atoms with Gasteiger partial charge in [0.25, 0.3) is 0 Å². The van der Waals surface area contributed by atoms with Crippen LogP contribution >= 0.6 is 27.5 Å². The fourth-order valence-corrected chi connectivity index (χ4v) is 2.25. The number of halogens is 1. The maximum absolute atomic E-state index is 5.59. The van der Waals surface area contributed by atoms with Gasteiger partial charge >= 0.3 is 0 Å². The molecule has 68 valence electrons. The van der Waals surface area contributed by atoms with E-state index in [1.54, 1.807) is 0 Å². The molecule has 0 saturated carbocycles. The maximum Gasteiger partial charge on any atom is 0.174 e. The molecule has 2 aromatic heterocycles. The molecule has 5 heteroatoms. The molecule has 13 heavy (non-hydrogen) atoms. The fourth-order valence-electron chi connectivity index (χ4n) is 1.19. The molecule has 2 aromatic rings. The van der Waals surface area contributed by atoms with Crippen molar-refractivity contribution < 1.29 is 0 Å². The Hall–Kier alpha value is -0.520. The highest BCUT2D eigenvalue weighted by Gasteiger charge is 2.07. The summed E-state index contributed by atoms with van der Waals surface area (Å²) in [6, 6.07) is 2.05. The van der Waals surface area contributed by atoms with Crippen molar-refractivity contribution in [2.75, 3.05) is 0 Å². The summed E-state index contributed by atoms with van der Waals surface area (Å²) in [6.45, 7) is 2.48. The molecule has 0 fully saturated rings. The van der Waals surface area contributed by atoms with Crippen molar-refractivity contribution in [3.63, 3.8) is 0 Å². The lowest BCUT2D eigenvalue weighted by molar-refractivity contribution is 1.02. The molecule has 0 bridgehead atoms. The van der Waals surface area contributed by atoms with E-state index in [-0.39, 0.29) is 0 Å². The number of rotatable bonds is 1. The Morgan fingerprint density at radius 1 is 1.62 bits per heavy atom. The third-order valence-electron chi connectivity index (χ3n) is 1.94. The molecule has 0 atom stereocenters. The average Bonchev–Trinajstić information content (AvgIpc) is 2.46. The molecule has 0 radical (unpaired) electrons. The summed E-state index contributed by atoms with van der Waals surface area (Å²) in [6.07, 6.45) is 0. The lowest BCUT2D eigenvalue weighted by atomic mass is 10.2. The van der Waals surface area contributed by atoms with Gasteiger partial charge in [-0.25, -0.2) is 4.98 Å². The fraction of sp³-hybridized carbons (Fsp3) is 0.250. The van der Waals surface area contributed by atoms with Gasteiger partial charge in [0.1, 0.15) is 3.79 Å². The van der Waals surface area contributed by atoms with Gasteiger partial charge in [0.05, 0.1) is 0 Å². The van der Waals surface area contributed by atoms with Crippen molar-refractivity contribution in [3.8, 4) is 0 Å². The lowest BCUT2D eigenvalue weighted by Crippen LogP contribution is -2.00. The van der Waals surface area contributed by atoms with E-state index < -0.39 is 0 Å². The average molecular weight is 258 g/mol. The molecule has 0 aromatic carbocycles. The topological polar surface area (TPSA) is 51.8 Å². The molecule has 0 amide bonds. The van der Waals surface area contributed by atoms with Crippen LogP contribution in [0.1, 0.15) is 11.3 Å². The second-order valence-corrected chi connectivity index (χ2v) is 4.86. The zero-order chi connectivity index (χ0) is 9.42. The Morgan fingerprint density at radius 2 is 2.38 bits per heavy atom. The zero-order valence-corrected chi connectivity index (χ0v) is 9.44. The van der Waals surface area contributed by atoms with E-state index >= 15 is 0 Å². The molecule has 0 aliphatic heterocycles. The molecule has 0 unspecified atom stereocenters. The molecule has 0 aliphatic carbocycles. The number of aromatic nitrogens is 2. The Balaban J connectivity index is 2.77. The van der Waals surface area contributed by atoms with E-state index in [2.05, 4.69) is 25.3 Å². The van der Waals surface area contributed by atoms with E-state index in [1.807, 2.05) is 13.0 Å². The Labute approximate surface area is 88.3 Å². The number of nitrogens with zero attached hydrogens (tertiary/aromatic N) is 2. The lowest BCUT2D eigenvalue weighted by Gasteiger charge is -2.00. The van der Waals surface area contributed by atoms with Crippen LogP contribution in [0, 0.1) is 6.92 Å². The predicted molar refractivity (Wildman–Crippen MR) is 57.7 cm³/mol. The summed E-state index contributed by atoms with van der Waals surface area (Å²) in [5.74, 6) is 0. The Morgan fingerprint density at radius 3 is 3.08 bits per heavy atom. The Kier molecular flexibility index (Phi) is 2.31. The summed E-state index contributed by atoms with van der Waals surface area (Å²) in [4.78, 5) is 4.36. The molecule has 0 aliphatic rings. The standard InChI is InChI=1S/C8H8BrN3S/c1-4-5(3-10)2-6-7(9)13-12-8(6)11-4/h2H,3,10H2,1H3. The van der Waals surface area contributed by atoms with Gasteiger partial charge in [-0.05, 0) is 46.0 Å². The summed E-state index contributed by atoms with van der Waals surface area (Å²) in [5.41, 5.74) is 8.43. The maximum atomic E-state index is 5.59. The van der Waals surface area contributed by atoms with Crippen molar-refractivity contribution in [3.05, 3.63) is 21.1 Å². The van der Waals surface area contributed by atoms with E-state index in [9.17, 15) is 0 Å². The molecule has 0 saturated heterocycles. The van der Waals surface area contributed by atoms with E-state index in [0.717, 1.165) is 26.1 Å². The highest BCUT2D eigenvalue weighted by Crippen LogP contribution is 2.27. The van der Waals surface area contributed by atoms with Crippen LogP contribution in [0.5, 0.6) is 0 Å². The first-order chi connectivity index (χ1) is 6.22. The summed E-state index contributed by atoms with van der Waals surface area (Å²) < 4.78 is 5.22. The van der Waals surface area contributed by atoms with Crippen LogP contribution in [0.25, 0.3) is 11.0 Å². The molecule has 2 rings (SSSR count). The second-order valence-electron chi connectivity index (χ2n) is 2.76. The quantitative estimate of drug-likeness (QED) is 0.853. The number of fused-ring (bicyclic) bond motifs is 1. The van der Waals surface area contributed by atoms with Crippen LogP contribution in [0.3, 0.4) is 0 Å². The zero-order valence-electron chi connectivity index (χ0n) is 7.04. The van der Waals surface area contributed by atoms with E-state index in [1.165, 1.54) is 11.5 Å². The van der Waals surface area contributed by atoms with Crippen molar-refractivity contribution >= 4 is 38.5 Å². The number of aryl methyl sites for hydroxylation is 1. The highest BCUT2D eigenvalue weighted by molar-refractivity contribution is 9.11. The monoisotopic (exact) mass is 257 g/mol. The van der Waals surface area contributed by atoms with Crippen LogP contribution in [0.2, 0.25) is 0 Å². The Bertz CT molecular complexity index is 452. The van der Waals surface area contributed by atoms with Crippen LogP contribution < -0.4 is 5.73 Å². The summed E-state index contributed by atoms with van der Waals surface area (Å²) in [7, 11) is 0. The minimum atomic E-state index is 0.525. The molecule has 0 spiro atoms. The minimum absolute atomic E-state index is 0.525. The van der Waals surface area contributed by atoms with Crippen LogP contribution in [0.4, 0.5) is 0 Å². The van der Waals surface area contributed by atoms with Gasteiger partial charge < -0.3 is 5.73 Å². The normalized spacial score (nSPS) is 11.0. The van der Waals surface area contributed by atoms with Crippen LogP contribution in [-0.2, 0) is 6.54 Å².